The van der Waals surface area contributed by atoms with Crippen LogP contribution in [0.15, 0.2) is 36.4 Å². The van der Waals surface area contributed by atoms with Crippen molar-refractivity contribution in [2.75, 3.05) is 30.4 Å². The van der Waals surface area contributed by atoms with E-state index in [0.717, 1.165) is 38.0 Å². The number of benzene rings is 2. The lowest BCUT2D eigenvalue weighted by molar-refractivity contribution is 0.102. The molecule has 2 aromatic carbocycles. The molecule has 5 nitrogen and oxygen atoms in total. The van der Waals surface area contributed by atoms with E-state index in [1.54, 1.807) is 19.2 Å². The van der Waals surface area contributed by atoms with Gasteiger partial charge in [0, 0.05) is 30.0 Å². The maximum absolute atomic E-state index is 12.8. The van der Waals surface area contributed by atoms with Gasteiger partial charge in [0.05, 0.1) is 13.2 Å². The maximum atomic E-state index is 12.8. The fourth-order valence-electron chi connectivity index (χ4n) is 4.15. The Bertz CT molecular complexity index is 859. The summed E-state index contributed by atoms with van der Waals surface area (Å²) < 4.78 is 11.5. The lowest BCUT2D eigenvalue weighted by Crippen LogP contribution is -2.19. The number of nitrogens with zero attached hydrogens (tertiary/aromatic N) is 1. The number of rotatable bonds is 6. The maximum Gasteiger partial charge on any atom is 0.255 e. The van der Waals surface area contributed by atoms with Crippen LogP contribution >= 0.6 is 0 Å². The molecule has 28 heavy (non-hydrogen) atoms. The zero-order chi connectivity index (χ0) is 19.5. The van der Waals surface area contributed by atoms with Crippen LogP contribution in [0.1, 0.15) is 48.5 Å². The highest BCUT2D eigenvalue weighted by molar-refractivity contribution is 6.05. The van der Waals surface area contributed by atoms with Gasteiger partial charge < -0.3 is 19.7 Å². The van der Waals surface area contributed by atoms with E-state index < -0.39 is 0 Å². The van der Waals surface area contributed by atoms with Gasteiger partial charge in [0.1, 0.15) is 0 Å². The Morgan fingerprint density at radius 3 is 2.71 bits per heavy atom. The van der Waals surface area contributed by atoms with Crippen molar-refractivity contribution in [1.82, 2.24) is 0 Å². The summed E-state index contributed by atoms with van der Waals surface area (Å²) in [5, 5.41) is 3.01. The molecule has 2 aromatic rings. The Labute approximate surface area is 166 Å². The molecule has 0 atom stereocenters. The third kappa shape index (κ3) is 3.79. The molecule has 1 aliphatic heterocycles. The van der Waals surface area contributed by atoms with Gasteiger partial charge in [-0.25, -0.2) is 0 Å². The number of methoxy groups -OCH3 is 1. The lowest BCUT2D eigenvalue weighted by atomic mass is 10.1. The molecule has 1 aliphatic carbocycles. The zero-order valence-electron chi connectivity index (χ0n) is 16.7. The fourth-order valence-corrected chi connectivity index (χ4v) is 4.15. The third-order valence-electron chi connectivity index (χ3n) is 5.74. The normalized spacial score (nSPS) is 16.1. The molecule has 4 rings (SSSR count). The highest BCUT2D eigenvalue weighted by atomic mass is 16.5. The standard InChI is InChI=1S/C23H28N2O3/c1-3-25-13-12-16-8-10-18(15-20(16)25)24-23(26)17-9-11-21(22(14-17)27-2)28-19-6-4-5-7-19/h8-11,14-15,19H,3-7,12-13H2,1-2H3,(H,24,26). The minimum Gasteiger partial charge on any atom is -0.493 e. The van der Waals surface area contributed by atoms with Crippen molar-refractivity contribution in [1.29, 1.82) is 0 Å². The fraction of sp³-hybridized carbons (Fsp3) is 0.435. The van der Waals surface area contributed by atoms with Gasteiger partial charge >= 0.3 is 0 Å². The van der Waals surface area contributed by atoms with Crippen molar-refractivity contribution in [3.63, 3.8) is 0 Å². The number of likely N-dealkylation sites (N-methyl/N-ethyl adjacent to an activating group) is 1. The van der Waals surface area contributed by atoms with Crippen LogP contribution in [0, 0.1) is 0 Å². The van der Waals surface area contributed by atoms with Crippen LogP contribution in [-0.2, 0) is 6.42 Å². The molecule has 1 saturated carbocycles. The van der Waals surface area contributed by atoms with E-state index in [1.165, 1.54) is 24.1 Å². The van der Waals surface area contributed by atoms with Gasteiger partial charge in [-0.2, -0.15) is 0 Å². The van der Waals surface area contributed by atoms with Crippen molar-refractivity contribution in [3.05, 3.63) is 47.5 Å². The van der Waals surface area contributed by atoms with Crippen molar-refractivity contribution in [2.45, 2.75) is 45.1 Å². The first-order valence-corrected chi connectivity index (χ1v) is 10.2. The van der Waals surface area contributed by atoms with E-state index in [2.05, 4.69) is 29.3 Å². The summed E-state index contributed by atoms with van der Waals surface area (Å²) in [4.78, 5) is 15.1. The Morgan fingerprint density at radius 2 is 1.96 bits per heavy atom. The highest BCUT2D eigenvalue weighted by Crippen LogP contribution is 2.33. The van der Waals surface area contributed by atoms with Crippen LogP contribution < -0.4 is 19.7 Å². The number of nitrogens with one attached hydrogen (secondary N) is 1. The van der Waals surface area contributed by atoms with Gasteiger partial charge in [-0.1, -0.05) is 6.07 Å². The molecule has 148 valence electrons. The summed E-state index contributed by atoms with van der Waals surface area (Å²) in [6.07, 6.45) is 5.91. The summed E-state index contributed by atoms with van der Waals surface area (Å²) in [6, 6.07) is 11.6. The quantitative estimate of drug-likeness (QED) is 0.792. The predicted octanol–water partition coefficient (Wildman–Crippen LogP) is 4.65. The number of amides is 1. The predicted molar refractivity (Wildman–Crippen MR) is 112 cm³/mol. The summed E-state index contributed by atoms with van der Waals surface area (Å²) in [5.41, 5.74) is 3.94. The van der Waals surface area contributed by atoms with Crippen molar-refractivity contribution in [2.24, 2.45) is 0 Å². The molecule has 0 radical (unpaired) electrons. The molecule has 0 bridgehead atoms. The van der Waals surface area contributed by atoms with Crippen LogP contribution in [0.2, 0.25) is 0 Å². The van der Waals surface area contributed by atoms with Crippen LogP contribution in [0.5, 0.6) is 11.5 Å². The molecule has 5 heteroatoms. The van der Waals surface area contributed by atoms with E-state index in [-0.39, 0.29) is 12.0 Å². The van der Waals surface area contributed by atoms with Gasteiger partial charge in [-0.3, -0.25) is 4.79 Å². The molecule has 1 fully saturated rings. The SMILES string of the molecule is CCN1CCc2ccc(NC(=O)c3ccc(OC4CCCC4)c(OC)c3)cc21. The smallest absolute Gasteiger partial charge is 0.255 e. The highest BCUT2D eigenvalue weighted by Gasteiger charge is 2.20. The minimum atomic E-state index is -0.147. The molecular formula is C23H28N2O3. The van der Waals surface area contributed by atoms with Gasteiger partial charge in [-0.15, -0.1) is 0 Å². The summed E-state index contributed by atoms with van der Waals surface area (Å²) in [5.74, 6) is 1.17. The molecule has 0 spiro atoms. The molecular weight excluding hydrogens is 352 g/mol. The van der Waals surface area contributed by atoms with Crippen molar-refractivity contribution in [3.8, 4) is 11.5 Å². The van der Waals surface area contributed by atoms with Crippen molar-refractivity contribution < 1.29 is 14.3 Å². The second kappa shape index (κ2) is 8.13. The molecule has 1 heterocycles. The Kier molecular flexibility index (Phi) is 5.42. The molecule has 0 unspecified atom stereocenters. The molecule has 2 aliphatic rings. The average Bonchev–Trinajstić information content (AvgIpc) is 3.37. The lowest BCUT2D eigenvalue weighted by Gasteiger charge is -2.18. The Balaban J connectivity index is 1.49. The van der Waals surface area contributed by atoms with Crippen LogP contribution in [0.3, 0.4) is 0 Å². The monoisotopic (exact) mass is 380 g/mol. The minimum absolute atomic E-state index is 0.147. The van der Waals surface area contributed by atoms with E-state index in [1.807, 2.05) is 12.1 Å². The molecule has 0 aromatic heterocycles. The number of carbonyl (C=O) groups excluding carboxylic acids is 1. The van der Waals surface area contributed by atoms with Crippen molar-refractivity contribution >= 4 is 17.3 Å². The number of fused-ring (bicyclic) bond motifs is 1. The third-order valence-corrected chi connectivity index (χ3v) is 5.74. The molecule has 1 amide bonds. The van der Waals surface area contributed by atoms with E-state index in [9.17, 15) is 4.79 Å². The van der Waals surface area contributed by atoms with E-state index >= 15 is 0 Å². The van der Waals surface area contributed by atoms with E-state index in [0.29, 0.717) is 17.1 Å². The number of hydrogen-bond acceptors (Lipinski definition) is 4. The zero-order valence-corrected chi connectivity index (χ0v) is 16.7. The first-order valence-electron chi connectivity index (χ1n) is 10.2. The summed E-state index contributed by atoms with van der Waals surface area (Å²) in [7, 11) is 1.61. The van der Waals surface area contributed by atoms with E-state index in [4.69, 9.17) is 9.47 Å². The number of anilines is 2. The number of ether oxygens (including phenoxy) is 2. The van der Waals surface area contributed by atoms with Gasteiger partial charge in [0.25, 0.3) is 5.91 Å². The largest absolute Gasteiger partial charge is 0.493 e. The second-order valence-electron chi connectivity index (χ2n) is 7.52. The van der Waals surface area contributed by atoms with Crippen LogP contribution in [-0.4, -0.2) is 32.2 Å². The van der Waals surface area contributed by atoms with Gasteiger partial charge in [-0.05, 0) is 74.9 Å². The number of hydrogen-bond donors (Lipinski definition) is 1. The number of carbonyl (C=O) groups is 1. The second-order valence-corrected chi connectivity index (χ2v) is 7.52. The van der Waals surface area contributed by atoms with Crippen LogP contribution in [0.4, 0.5) is 11.4 Å². The summed E-state index contributed by atoms with van der Waals surface area (Å²) in [6.45, 7) is 4.18. The first kappa shape index (κ1) is 18.7. The summed E-state index contributed by atoms with van der Waals surface area (Å²) >= 11 is 0. The average molecular weight is 380 g/mol. The molecule has 0 saturated heterocycles. The Morgan fingerprint density at radius 1 is 1.14 bits per heavy atom. The topological polar surface area (TPSA) is 50.8 Å². The Hall–Kier alpha value is -2.69. The van der Waals surface area contributed by atoms with Gasteiger partial charge in [0.15, 0.2) is 11.5 Å². The molecule has 1 N–H and O–H groups in total. The first-order chi connectivity index (χ1) is 13.7. The van der Waals surface area contributed by atoms with Crippen LogP contribution in [0.25, 0.3) is 0 Å². The van der Waals surface area contributed by atoms with Gasteiger partial charge in [0.2, 0.25) is 0 Å².